The molecule has 5 amide bonds. The van der Waals surface area contributed by atoms with Crippen LogP contribution in [0.5, 0.6) is 0 Å². The monoisotopic (exact) mass is 805 g/mol. The van der Waals surface area contributed by atoms with Crippen molar-refractivity contribution in [3.05, 3.63) is 11.1 Å². The van der Waals surface area contributed by atoms with Gasteiger partial charge in [-0.3, -0.25) is 19.5 Å². The van der Waals surface area contributed by atoms with Gasteiger partial charge in [0.15, 0.2) is 10.8 Å². The van der Waals surface area contributed by atoms with Crippen LogP contribution in [0.2, 0.25) is 0 Å². The second-order valence-corrected chi connectivity index (χ2v) is 17.8. The highest BCUT2D eigenvalue weighted by molar-refractivity contribution is 7.84. The number of cyclic esters (lactones) is 1. The SMILES string of the molecule is CC(C)(C)OC(=O)NCC1CN(C[C@@H]2[C@H](NC(=O)C(=NOC(C)(C)C(=O)OC(C)(C)C)c3csc(NC(=O)OC(C)(C)C)n3)C(=O)N2S(=O)(=O)O)C(=O)O1. The molecule has 4 N–H and O–H groups in total. The summed E-state index contributed by atoms with van der Waals surface area (Å²) < 4.78 is 55.3. The molecule has 1 unspecified atom stereocenters. The van der Waals surface area contributed by atoms with Gasteiger partial charge in [-0.05, 0) is 76.2 Å². The number of thiazole rings is 1. The van der Waals surface area contributed by atoms with Crippen LogP contribution in [0, 0.1) is 0 Å². The van der Waals surface area contributed by atoms with Gasteiger partial charge in [0.05, 0.1) is 19.1 Å². The fourth-order valence-corrected chi connectivity index (χ4v) is 6.10. The number of nitrogens with one attached hydrogen (secondary N) is 3. The van der Waals surface area contributed by atoms with E-state index in [1.165, 1.54) is 19.2 Å². The predicted molar refractivity (Wildman–Crippen MR) is 190 cm³/mol. The fraction of sp³-hybridized carbons (Fsp3) is 0.677. The Balaban J connectivity index is 1.87. The summed E-state index contributed by atoms with van der Waals surface area (Å²) in [5.74, 6) is -3.27. The molecule has 1 aromatic heterocycles. The molecule has 0 bridgehead atoms. The summed E-state index contributed by atoms with van der Waals surface area (Å²) in [6.45, 7) is 16.5. The highest BCUT2D eigenvalue weighted by atomic mass is 32.2. The van der Waals surface area contributed by atoms with Crippen molar-refractivity contribution in [3.8, 4) is 0 Å². The molecule has 2 fully saturated rings. The topological polar surface area (TPSA) is 271 Å². The molecule has 54 heavy (non-hydrogen) atoms. The Morgan fingerprint density at radius 2 is 1.54 bits per heavy atom. The number of carbonyl (C=O) groups is 6. The van der Waals surface area contributed by atoms with Crippen LogP contribution in [-0.2, 0) is 48.5 Å². The van der Waals surface area contributed by atoms with Crippen molar-refractivity contribution in [2.24, 2.45) is 5.16 Å². The van der Waals surface area contributed by atoms with Crippen LogP contribution in [0.15, 0.2) is 10.5 Å². The third-order valence-electron chi connectivity index (χ3n) is 6.76. The summed E-state index contributed by atoms with van der Waals surface area (Å²) in [5, 5.41) is 12.3. The molecule has 1 aromatic rings. The van der Waals surface area contributed by atoms with Gasteiger partial charge in [-0.25, -0.2) is 28.5 Å². The number of esters is 1. The van der Waals surface area contributed by atoms with Crippen LogP contribution in [-0.4, -0.2) is 129 Å². The maximum absolute atomic E-state index is 13.8. The Morgan fingerprint density at radius 3 is 2.09 bits per heavy atom. The number of rotatable bonds is 12. The lowest BCUT2D eigenvalue weighted by Gasteiger charge is -2.45. The zero-order valence-electron chi connectivity index (χ0n) is 31.8. The number of carbonyl (C=O) groups excluding carboxylic acids is 6. The van der Waals surface area contributed by atoms with Crippen molar-refractivity contribution in [1.82, 2.24) is 24.8 Å². The fourth-order valence-electron chi connectivity index (χ4n) is 4.55. The van der Waals surface area contributed by atoms with Crippen molar-refractivity contribution in [1.29, 1.82) is 0 Å². The summed E-state index contributed by atoms with van der Waals surface area (Å²) in [6, 6.07) is -3.20. The molecule has 23 heteroatoms. The zero-order chi connectivity index (χ0) is 41.2. The molecule has 302 valence electrons. The third kappa shape index (κ3) is 12.4. The number of alkyl carbamates (subject to hydrolysis) is 1. The van der Waals surface area contributed by atoms with E-state index in [9.17, 15) is 41.7 Å². The summed E-state index contributed by atoms with van der Waals surface area (Å²) in [4.78, 5) is 87.5. The number of aromatic nitrogens is 1. The van der Waals surface area contributed by atoms with Crippen molar-refractivity contribution < 1.29 is 65.5 Å². The molecule has 0 saturated carbocycles. The minimum absolute atomic E-state index is 0.0374. The maximum Gasteiger partial charge on any atom is 0.413 e. The van der Waals surface area contributed by atoms with Crippen LogP contribution in [0.25, 0.3) is 0 Å². The Morgan fingerprint density at radius 1 is 0.963 bits per heavy atom. The predicted octanol–water partition coefficient (Wildman–Crippen LogP) is 2.18. The average Bonchev–Trinajstić information content (AvgIpc) is 3.56. The van der Waals surface area contributed by atoms with Gasteiger partial charge in [0.1, 0.15) is 34.6 Å². The van der Waals surface area contributed by atoms with Gasteiger partial charge in [0, 0.05) is 11.9 Å². The van der Waals surface area contributed by atoms with Crippen molar-refractivity contribution in [2.45, 2.75) is 117 Å². The first-order chi connectivity index (χ1) is 24.5. The van der Waals surface area contributed by atoms with E-state index in [1.54, 1.807) is 62.3 Å². The number of nitrogens with zero attached hydrogens (tertiary/aromatic N) is 4. The van der Waals surface area contributed by atoms with E-state index in [-0.39, 0.29) is 28.2 Å². The van der Waals surface area contributed by atoms with Crippen molar-refractivity contribution in [2.75, 3.05) is 25.0 Å². The number of anilines is 1. The van der Waals surface area contributed by atoms with E-state index in [0.717, 1.165) is 16.2 Å². The van der Waals surface area contributed by atoms with Crippen LogP contribution < -0.4 is 16.0 Å². The minimum Gasteiger partial charge on any atom is -0.457 e. The summed E-state index contributed by atoms with van der Waals surface area (Å²) in [5.41, 5.74) is -5.14. The van der Waals surface area contributed by atoms with Crippen molar-refractivity contribution >= 4 is 68.5 Å². The van der Waals surface area contributed by atoms with E-state index in [1.807, 2.05) is 0 Å². The van der Waals surface area contributed by atoms with Gasteiger partial charge in [0.25, 0.3) is 11.8 Å². The van der Waals surface area contributed by atoms with E-state index in [0.29, 0.717) is 0 Å². The summed E-state index contributed by atoms with van der Waals surface area (Å²) >= 11 is 0.860. The number of oxime groups is 1. The highest BCUT2D eigenvalue weighted by Crippen LogP contribution is 2.27. The molecular weight excluding hydrogens is 759 g/mol. The quantitative estimate of drug-likeness (QED) is 0.0589. The summed E-state index contributed by atoms with van der Waals surface area (Å²) in [7, 11) is -5.18. The van der Waals surface area contributed by atoms with Gasteiger partial charge in [-0.15, -0.1) is 11.3 Å². The largest absolute Gasteiger partial charge is 0.457 e. The lowest BCUT2D eigenvalue weighted by atomic mass is 9.97. The van der Waals surface area contributed by atoms with Crippen molar-refractivity contribution in [3.63, 3.8) is 0 Å². The number of β-lactam (4-membered cyclic amide) rings is 1. The molecule has 2 aliphatic rings. The Hall–Kier alpha value is -4.77. The molecule has 21 nitrogen and oxygen atoms in total. The molecule has 2 saturated heterocycles. The van der Waals surface area contributed by atoms with Gasteiger partial charge in [-0.2, -0.15) is 8.42 Å². The molecule has 0 aromatic carbocycles. The maximum atomic E-state index is 13.8. The smallest absolute Gasteiger partial charge is 0.413 e. The van der Waals surface area contributed by atoms with E-state index < -0.39 is 99.2 Å². The molecule has 0 aliphatic carbocycles. The molecular formula is C31H47N7O14S2. The molecule has 0 radical (unpaired) electrons. The second-order valence-electron chi connectivity index (χ2n) is 15.6. The number of ether oxygens (including phenoxy) is 4. The third-order valence-corrected chi connectivity index (χ3v) is 8.47. The molecule has 3 atom stereocenters. The lowest BCUT2D eigenvalue weighted by Crippen LogP contribution is -2.74. The van der Waals surface area contributed by atoms with Crippen LogP contribution >= 0.6 is 11.3 Å². The van der Waals surface area contributed by atoms with E-state index in [4.69, 9.17) is 23.8 Å². The lowest BCUT2D eigenvalue weighted by molar-refractivity contribution is -0.179. The van der Waals surface area contributed by atoms with E-state index >= 15 is 0 Å². The second kappa shape index (κ2) is 15.9. The first-order valence-corrected chi connectivity index (χ1v) is 18.7. The zero-order valence-corrected chi connectivity index (χ0v) is 33.4. The Kier molecular flexibility index (Phi) is 12.9. The normalized spacial score (nSPS) is 19.7. The number of hydrogen-bond acceptors (Lipinski definition) is 16. The standard InChI is InChI=1S/C31H47N7O14S2/c1-28(2,3)49-23(41)31(10,11)52-36-19(17-15-53-24(33-17)35-26(43)51-30(7,8)9)21(39)34-20-18(38(22(20)40)54(45,46)47)14-37-13-16(48-27(37)44)12-32-25(42)50-29(4,5)6/h15-16,18,20H,12-14H2,1-11H3,(H,32,42)(H,34,39)(H,33,35,43)(H,45,46,47)/t16?,18-,20+/m1/s1. The van der Waals surface area contributed by atoms with Gasteiger partial charge in [0.2, 0.25) is 5.60 Å². The Labute approximate surface area is 316 Å². The molecule has 2 aliphatic heterocycles. The average molecular weight is 806 g/mol. The van der Waals surface area contributed by atoms with Gasteiger partial charge >= 0.3 is 34.6 Å². The number of amides is 5. The molecule has 3 rings (SSSR count). The number of hydrogen-bond donors (Lipinski definition) is 4. The Bertz CT molecular complexity index is 1770. The molecule has 0 spiro atoms. The van der Waals surface area contributed by atoms with Crippen LogP contribution in [0.4, 0.5) is 19.5 Å². The highest BCUT2D eigenvalue weighted by Gasteiger charge is 2.56. The first-order valence-electron chi connectivity index (χ1n) is 16.5. The van der Waals surface area contributed by atoms with E-state index in [2.05, 4.69) is 26.1 Å². The van der Waals surface area contributed by atoms with Gasteiger partial charge in [-0.1, -0.05) is 5.16 Å². The first kappa shape index (κ1) is 43.6. The molecule has 3 heterocycles. The summed E-state index contributed by atoms with van der Waals surface area (Å²) in [6.07, 6.45) is -3.46. The van der Waals surface area contributed by atoms with Gasteiger partial charge < -0.3 is 39.3 Å². The van der Waals surface area contributed by atoms with Crippen LogP contribution in [0.3, 0.4) is 0 Å². The van der Waals surface area contributed by atoms with Crippen LogP contribution in [0.1, 0.15) is 81.9 Å². The minimum atomic E-state index is -5.18.